The minimum atomic E-state index is 0.232. The van der Waals surface area contributed by atoms with Gasteiger partial charge >= 0.3 is 0 Å². The number of hydrogen-bond donors (Lipinski definition) is 1. The van der Waals surface area contributed by atoms with Crippen LogP contribution >= 0.6 is 23.2 Å². The summed E-state index contributed by atoms with van der Waals surface area (Å²) in [6.45, 7) is 0.647. The minimum absolute atomic E-state index is 0.232. The molecule has 0 saturated heterocycles. The molecule has 16 heavy (non-hydrogen) atoms. The fourth-order valence-corrected chi connectivity index (χ4v) is 1.63. The van der Waals surface area contributed by atoms with Crippen LogP contribution in [0.25, 0.3) is 0 Å². The van der Waals surface area contributed by atoms with E-state index < -0.39 is 0 Å². The number of anilines is 1. The van der Waals surface area contributed by atoms with Crippen molar-refractivity contribution < 1.29 is 0 Å². The molecule has 0 amide bonds. The second-order valence-electron chi connectivity index (χ2n) is 3.19. The highest BCUT2D eigenvalue weighted by molar-refractivity contribution is 6.30. The van der Waals surface area contributed by atoms with Gasteiger partial charge < -0.3 is 5.32 Å². The standard InChI is InChI=1S/C11H9Cl2N3/c12-9-3-1-2-8(6-9)7-15-10-4-5-14-11(13)16-10/h1-6H,7H2,(H,14,15,16). The highest BCUT2D eigenvalue weighted by atomic mass is 35.5. The maximum Gasteiger partial charge on any atom is 0.224 e. The molecule has 2 aromatic rings. The summed E-state index contributed by atoms with van der Waals surface area (Å²) in [5.41, 5.74) is 1.09. The van der Waals surface area contributed by atoms with E-state index in [0.29, 0.717) is 12.4 Å². The summed E-state index contributed by atoms with van der Waals surface area (Å²) in [7, 11) is 0. The van der Waals surface area contributed by atoms with Crippen molar-refractivity contribution in [2.45, 2.75) is 6.54 Å². The van der Waals surface area contributed by atoms with Crippen LogP contribution in [0.1, 0.15) is 5.56 Å². The first kappa shape index (κ1) is 11.2. The summed E-state index contributed by atoms with van der Waals surface area (Å²) in [6, 6.07) is 9.40. The first-order valence-electron chi connectivity index (χ1n) is 4.71. The van der Waals surface area contributed by atoms with Gasteiger partial charge in [-0.3, -0.25) is 0 Å². The van der Waals surface area contributed by atoms with Crippen LogP contribution in [-0.2, 0) is 6.54 Å². The first-order chi connectivity index (χ1) is 7.74. The molecule has 0 saturated carbocycles. The van der Waals surface area contributed by atoms with Crippen LogP contribution in [0, 0.1) is 0 Å². The van der Waals surface area contributed by atoms with Crippen LogP contribution in [0.4, 0.5) is 5.82 Å². The number of nitrogens with one attached hydrogen (secondary N) is 1. The Morgan fingerprint density at radius 3 is 2.81 bits per heavy atom. The van der Waals surface area contributed by atoms with E-state index in [-0.39, 0.29) is 5.28 Å². The summed E-state index contributed by atoms with van der Waals surface area (Å²) in [4.78, 5) is 7.82. The third kappa shape index (κ3) is 3.08. The molecule has 0 spiro atoms. The molecule has 0 aliphatic heterocycles. The molecular formula is C11H9Cl2N3. The van der Waals surface area contributed by atoms with Gasteiger partial charge in [-0.2, -0.15) is 0 Å². The van der Waals surface area contributed by atoms with E-state index in [1.165, 1.54) is 0 Å². The molecule has 1 aromatic carbocycles. The molecule has 5 heteroatoms. The van der Waals surface area contributed by atoms with E-state index in [1.54, 1.807) is 12.3 Å². The van der Waals surface area contributed by atoms with Gasteiger partial charge in [-0.05, 0) is 35.4 Å². The van der Waals surface area contributed by atoms with Crippen molar-refractivity contribution >= 4 is 29.0 Å². The van der Waals surface area contributed by atoms with Crippen LogP contribution in [0.15, 0.2) is 36.5 Å². The van der Waals surface area contributed by atoms with Gasteiger partial charge in [0.1, 0.15) is 5.82 Å². The van der Waals surface area contributed by atoms with E-state index in [0.717, 1.165) is 10.6 Å². The van der Waals surface area contributed by atoms with Crippen LogP contribution in [-0.4, -0.2) is 9.97 Å². The van der Waals surface area contributed by atoms with Crippen molar-refractivity contribution in [2.75, 3.05) is 5.32 Å². The van der Waals surface area contributed by atoms with Gasteiger partial charge in [-0.25, -0.2) is 9.97 Å². The molecule has 2 rings (SSSR count). The second-order valence-corrected chi connectivity index (χ2v) is 3.97. The zero-order valence-electron chi connectivity index (χ0n) is 8.32. The average Bonchev–Trinajstić information content (AvgIpc) is 2.27. The topological polar surface area (TPSA) is 37.8 Å². The van der Waals surface area contributed by atoms with Gasteiger partial charge in [0.2, 0.25) is 5.28 Å². The number of hydrogen-bond acceptors (Lipinski definition) is 3. The molecule has 0 aliphatic carbocycles. The van der Waals surface area contributed by atoms with Gasteiger partial charge in [-0.15, -0.1) is 0 Å². The van der Waals surface area contributed by atoms with Gasteiger partial charge in [0.05, 0.1) is 0 Å². The number of aromatic nitrogens is 2. The summed E-state index contributed by atoms with van der Waals surface area (Å²) in [5.74, 6) is 0.694. The molecule has 0 atom stereocenters. The molecule has 0 fully saturated rings. The highest BCUT2D eigenvalue weighted by Crippen LogP contribution is 2.12. The predicted octanol–water partition coefficient (Wildman–Crippen LogP) is 3.40. The second kappa shape index (κ2) is 5.14. The van der Waals surface area contributed by atoms with Gasteiger partial charge in [0, 0.05) is 17.8 Å². The Kier molecular flexibility index (Phi) is 3.59. The van der Waals surface area contributed by atoms with E-state index in [1.807, 2.05) is 24.3 Å². The van der Waals surface area contributed by atoms with E-state index in [2.05, 4.69) is 15.3 Å². The summed E-state index contributed by atoms with van der Waals surface area (Å²) < 4.78 is 0. The Labute approximate surface area is 103 Å². The van der Waals surface area contributed by atoms with Gasteiger partial charge in [0.25, 0.3) is 0 Å². The lowest BCUT2D eigenvalue weighted by atomic mass is 10.2. The van der Waals surface area contributed by atoms with Crippen LogP contribution < -0.4 is 5.32 Å². The van der Waals surface area contributed by atoms with Crippen LogP contribution in [0.5, 0.6) is 0 Å². The molecular weight excluding hydrogens is 245 g/mol. The van der Waals surface area contributed by atoms with Crippen molar-refractivity contribution in [3.63, 3.8) is 0 Å². The minimum Gasteiger partial charge on any atom is -0.366 e. The van der Waals surface area contributed by atoms with E-state index >= 15 is 0 Å². The van der Waals surface area contributed by atoms with Gasteiger partial charge in [0.15, 0.2) is 0 Å². The third-order valence-corrected chi connectivity index (χ3v) is 2.41. The molecule has 1 N–H and O–H groups in total. The molecule has 82 valence electrons. The summed E-state index contributed by atoms with van der Waals surface area (Å²) >= 11 is 11.5. The molecule has 0 bridgehead atoms. The highest BCUT2D eigenvalue weighted by Gasteiger charge is 1.97. The Bertz CT molecular complexity index is 443. The lowest BCUT2D eigenvalue weighted by molar-refractivity contribution is 1.08. The molecule has 0 unspecified atom stereocenters. The Morgan fingerprint density at radius 1 is 1.19 bits per heavy atom. The quantitative estimate of drug-likeness (QED) is 0.853. The normalized spacial score (nSPS) is 10.1. The number of benzene rings is 1. The van der Waals surface area contributed by atoms with Crippen molar-refractivity contribution in [1.82, 2.24) is 9.97 Å². The van der Waals surface area contributed by atoms with Crippen LogP contribution in [0.3, 0.4) is 0 Å². The SMILES string of the molecule is Clc1cccc(CNc2ccnc(Cl)n2)c1. The zero-order valence-corrected chi connectivity index (χ0v) is 9.83. The first-order valence-corrected chi connectivity index (χ1v) is 5.46. The Morgan fingerprint density at radius 2 is 2.06 bits per heavy atom. The van der Waals surface area contributed by atoms with E-state index in [9.17, 15) is 0 Å². The molecule has 3 nitrogen and oxygen atoms in total. The fraction of sp³-hybridized carbons (Fsp3) is 0.0909. The molecule has 0 radical (unpaired) electrons. The van der Waals surface area contributed by atoms with Crippen molar-refractivity contribution in [1.29, 1.82) is 0 Å². The fourth-order valence-electron chi connectivity index (χ4n) is 1.27. The Balaban J connectivity index is 2.02. The smallest absolute Gasteiger partial charge is 0.224 e. The molecule has 1 heterocycles. The molecule has 1 aromatic heterocycles. The number of nitrogens with zero attached hydrogens (tertiary/aromatic N) is 2. The average molecular weight is 254 g/mol. The van der Waals surface area contributed by atoms with E-state index in [4.69, 9.17) is 23.2 Å². The Hall–Kier alpha value is -1.32. The lowest BCUT2D eigenvalue weighted by Gasteiger charge is -2.05. The largest absolute Gasteiger partial charge is 0.366 e. The van der Waals surface area contributed by atoms with Crippen molar-refractivity contribution in [2.24, 2.45) is 0 Å². The van der Waals surface area contributed by atoms with Gasteiger partial charge in [-0.1, -0.05) is 23.7 Å². The monoisotopic (exact) mass is 253 g/mol. The van der Waals surface area contributed by atoms with Crippen molar-refractivity contribution in [3.8, 4) is 0 Å². The maximum atomic E-state index is 5.88. The zero-order chi connectivity index (χ0) is 11.4. The van der Waals surface area contributed by atoms with Crippen LogP contribution in [0.2, 0.25) is 10.3 Å². The third-order valence-electron chi connectivity index (χ3n) is 1.99. The number of rotatable bonds is 3. The maximum absolute atomic E-state index is 5.88. The predicted molar refractivity (Wildman–Crippen MR) is 65.8 cm³/mol. The summed E-state index contributed by atoms with van der Waals surface area (Å²) in [6.07, 6.45) is 1.61. The summed E-state index contributed by atoms with van der Waals surface area (Å²) in [5, 5.41) is 4.09. The number of halogens is 2. The lowest BCUT2D eigenvalue weighted by Crippen LogP contribution is -2.01. The molecule has 0 aliphatic rings. The van der Waals surface area contributed by atoms with Crippen molar-refractivity contribution in [3.05, 3.63) is 52.4 Å².